The Morgan fingerprint density at radius 2 is 1.88 bits per heavy atom. The summed E-state index contributed by atoms with van der Waals surface area (Å²) < 4.78 is 11.2. The first-order valence-corrected chi connectivity index (χ1v) is 11.7. The van der Waals surface area contributed by atoms with Crippen molar-refractivity contribution in [3.63, 3.8) is 0 Å². The van der Waals surface area contributed by atoms with Crippen molar-refractivity contribution in [2.24, 2.45) is 11.1 Å². The largest absolute Gasteiger partial charge is 0.482 e. The van der Waals surface area contributed by atoms with Crippen LogP contribution in [0, 0.1) is 19.8 Å². The summed E-state index contributed by atoms with van der Waals surface area (Å²) in [5, 5.41) is 13.5. The Labute approximate surface area is 199 Å². The highest BCUT2D eigenvalue weighted by molar-refractivity contribution is 6.02. The van der Waals surface area contributed by atoms with Crippen molar-refractivity contribution in [3.8, 4) is 17.2 Å². The van der Waals surface area contributed by atoms with Crippen molar-refractivity contribution in [2.45, 2.75) is 52.6 Å². The first-order valence-electron chi connectivity index (χ1n) is 11.7. The summed E-state index contributed by atoms with van der Waals surface area (Å²) in [4.78, 5) is 21.3. The molecule has 1 aliphatic carbocycles. The molecule has 0 unspecified atom stereocenters. The molecule has 3 aromatic rings. The van der Waals surface area contributed by atoms with E-state index in [2.05, 4.69) is 10.1 Å². The van der Waals surface area contributed by atoms with E-state index in [4.69, 9.17) is 19.1 Å². The van der Waals surface area contributed by atoms with Gasteiger partial charge in [0.1, 0.15) is 17.2 Å². The second kappa shape index (κ2) is 11.0. The molecule has 1 fully saturated rings. The Morgan fingerprint density at radius 1 is 1.12 bits per heavy atom. The van der Waals surface area contributed by atoms with Crippen LogP contribution in [0.3, 0.4) is 0 Å². The molecule has 0 amide bonds. The van der Waals surface area contributed by atoms with E-state index in [9.17, 15) is 4.79 Å². The van der Waals surface area contributed by atoms with Crippen LogP contribution in [0.5, 0.6) is 5.75 Å². The number of nitrogens with zero attached hydrogens (tertiary/aromatic N) is 2. The third kappa shape index (κ3) is 5.84. The van der Waals surface area contributed by atoms with Gasteiger partial charge >= 0.3 is 5.97 Å². The van der Waals surface area contributed by atoms with Gasteiger partial charge < -0.3 is 19.1 Å². The first-order chi connectivity index (χ1) is 16.5. The minimum Gasteiger partial charge on any atom is -0.482 e. The van der Waals surface area contributed by atoms with Gasteiger partial charge in [0.05, 0.1) is 5.71 Å². The maximum absolute atomic E-state index is 10.8. The number of oxime groups is 1. The molecule has 1 saturated carbocycles. The number of rotatable bonds is 9. The maximum Gasteiger partial charge on any atom is 0.341 e. The van der Waals surface area contributed by atoms with Gasteiger partial charge in [0.15, 0.2) is 13.2 Å². The summed E-state index contributed by atoms with van der Waals surface area (Å²) in [5.74, 6) is 1.16. The highest BCUT2D eigenvalue weighted by atomic mass is 16.6. The van der Waals surface area contributed by atoms with Gasteiger partial charge in [-0.15, -0.1) is 0 Å². The number of aliphatic carboxylic acids is 1. The summed E-state index contributed by atoms with van der Waals surface area (Å²) in [5.41, 5.74) is 4.39. The van der Waals surface area contributed by atoms with Crippen molar-refractivity contribution >= 4 is 11.7 Å². The summed E-state index contributed by atoms with van der Waals surface area (Å²) in [7, 11) is 0. The summed E-state index contributed by atoms with van der Waals surface area (Å²) >= 11 is 0. The van der Waals surface area contributed by atoms with Crippen LogP contribution in [0.2, 0.25) is 0 Å². The molecular weight excluding hydrogens is 432 g/mol. The molecular formula is C27H30N2O5. The standard InChI is InChI=1S/C27H30N2O5/c1-18-15-22(13-14-24(18)32-17-25(30)31)26(20-9-5-3-6-10-20)29-33-16-23-19(2)34-27(28-23)21-11-7-4-8-12-21/h4,7-8,11-15,20H,3,5-6,9-10,16-17H2,1-2H3,(H,30,31)/b29-26+. The summed E-state index contributed by atoms with van der Waals surface area (Å²) in [6.07, 6.45) is 5.72. The number of hydrogen-bond donors (Lipinski definition) is 1. The number of aromatic nitrogens is 1. The van der Waals surface area contributed by atoms with E-state index < -0.39 is 5.97 Å². The molecule has 0 saturated heterocycles. The molecule has 0 bridgehead atoms. The summed E-state index contributed by atoms with van der Waals surface area (Å²) in [6.45, 7) is 3.64. The Kier molecular flexibility index (Phi) is 7.62. The number of benzene rings is 2. The highest BCUT2D eigenvalue weighted by Crippen LogP contribution is 2.30. The number of hydrogen-bond acceptors (Lipinski definition) is 6. The van der Waals surface area contributed by atoms with Crippen LogP contribution in [-0.4, -0.2) is 28.4 Å². The second-order valence-electron chi connectivity index (χ2n) is 8.64. The van der Waals surface area contributed by atoms with Crippen LogP contribution in [0.4, 0.5) is 0 Å². The Morgan fingerprint density at radius 3 is 2.59 bits per heavy atom. The van der Waals surface area contributed by atoms with Gasteiger partial charge in [-0.2, -0.15) is 0 Å². The third-order valence-corrected chi connectivity index (χ3v) is 6.09. The molecule has 7 heteroatoms. The fraction of sp³-hybridized carbons (Fsp3) is 0.370. The number of ether oxygens (including phenoxy) is 1. The molecule has 2 aromatic carbocycles. The zero-order valence-corrected chi connectivity index (χ0v) is 19.6. The fourth-order valence-electron chi connectivity index (χ4n) is 4.28. The third-order valence-electron chi connectivity index (χ3n) is 6.09. The molecule has 7 nitrogen and oxygen atoms in total. The van der Waals surface area contributed by atoms with Gasteiger partial charge in [-0.25, -0.2) is 9.78 Å². The van der Waals surface area contributed by atoms with Crippen LogP contribution in [0.15, 0.2) is 58.1 Å². The molecule has 1 N–H and O–H groups in total. The minimum absolute atomic E-state index is 0.219. The Balaban J connectivity index is 1.53. The SMILES string of the molecule is Cc1cc(/C(=N/OCc2nc(-c3ccccc3)oc2C)C2CCCCC2)ccc1OCC(=O)O. The predicted molar refractivity (Wildman–Crippen MR) is 129 cm³/mol. The van der Waals surface area contributed by atoms with E-state index in [0.717, 1.165) is 40.9 Å². The molecule has 1 aromatic heterocycles. The van der Waals surface area contributed by atoms with Gasteiger partial charge in [-0.3, -0.25) is 0 Å². The normalized spacial score (nSPS) is 14.7. The zero-order valence-electron chi connectivity index (χ0n) is 19.6. The number of carboxylic acids is 1. The van der Waals surface area contributed by atoms with Crippen LogP contribution in [0.1, 0.15) is 54.7 Å². The molecule has 34 heavy (non-hydrogen) atoms. The van der Waals surface area contributed by atoms with E-state index in [1.54, 1.807) is 6.07 Å². The Bertz CT molecular complexity index is 1150. The molecule has 0 atom stereocenters. The van der Waals surface area contributed by atoms with Gasteiger partial charge in [-0.1, -0.05) is 42.6 Å². The van der Waals surface area contributed by atoms with Gasteiger partial charge in [0, 0.05) is 17.0 Å². The lowest BCUT2D eigenvalue weighted by molar-refractivity contribution is -0.139. The van der Waals surface area contributed by atoms with Crippen LogP contribution in [0.25, 0.3) is 11.5 Å². The lowest BCUT2D eigenvalue weighted by atomic mass is 9.83. The molecule has 0 radical (unpaired) electrons. The van der Waals surface area contributed by atoms with Gasteiger partial charge in [0.25, 0.3) is 0 Å². The van der Waals surface area contributed by atoms with Crippen LogP contribution in [-0.2, 0) is 16.2 Å². The minimum atomic E-state index is -1.00. The predicted octanol–water partition coefficient (Wildman–Crippen LogP) is 5.92. The van der Waals surface area contributed by atoms with Gasteiger partial charge in [-0.05, 0) is 62.6 Å². The van der Waals surface area contributed by atoms with Crippen LogP contribution < -0.4 is 4.74 Å². The molecule has 0 aliphatic heterocycles. The molecule has 1 aliphatic rings. The van der Waals surface area contributed by atoms with Crippen molar-refractivity contribution < 1.29 is 23.9 Å². The fourth-order valence-corrected chi connectivity index (χ4v) is 4.28. The van der Waals surface area contributed by atoms with E-state index in [-0.39, 0.29) is 13.2 Å². The van der Waals surface area contributed by atoms with Gasteiger partial charge in [0.2, 0.25) is 5.89 Å². The molecule has 0 spiro atoms. The lowest BCUT2D eigenvalue weighted by Crippen LogP contribution is -2.20. The topological polar surface area (TPSA) is 94.2 Å². The molecule has 1 heterocycles. The maximum atomic E-state index is 10.8. The first kappa shape index (κ1) is 23.5. The lowest BCUT2D eigenvalue weighted by Gasteiger charge is -2.23. The van der Waals surface area contributed by atoms with Crippen molar-refractivity contribution in [2.75, 3.05) is 6.61 Å². The number of oxazole rings is 1. The second-order valence-corrected chi connectivity index (χ2v) is 8.64. The average Bonchev–Trinajstić information content (AvgIpc) is 3.22. The monoisotopic (exact) mass is 462 g/mol. The zero-order chi connectivity index (χ0) is 23.9. The van der Waals surface area contributed by atoms with Crippen molar-refractivity contribution in [3.05, 3.63) is 71.1 Å². The van der Waals surface area contributed by atoms with E-state index in [1.165, 1.54) is 19.3 Å². The smallest absolute Gasteiger partial charge is 0.341 e. The van der Waals surface area contributed by atoms with Crippen molar-refractivity contribution in [1.29, 1.82) is 0 Å². The average molecular weight is 463 g/mol. The number of aryl methyl sites for hydroxylation is 2. The van der Waals surface area contributed by atoms with E-state index >= 15 is 0 Å². The van der Waals surface area contributed by atoms with E-state index in [0.29, 0.717) is 23.3 Å². The Hall–Kier alpha value is -3.61. The van der Waals surface area contributed by atoms with Crippen LogP contribution >= 0.6 is 0 Å². The molecule has 178 valence electrons. The van der Waals surface area contributed by atoms with E-state index in [1.807, 2.05) is 56.3 Å². The number of carbonyl (C=O) groups is 1. The number of carboxylic acid groups (broad SMARTS) is 1. The molecule has 4 rings (SSSR count). The quantitative estimate of drug-likeness (QED) is 0.313. The summed E-state index contributed by atoms with van der Waals surface area (Å²) in [6, 6.07) is 15.5. The van der Waals surface area contributed by atoms with Crippen molar-refractivity contribution in [1.82, 2.24) is 4.98 Å². The highest BCUT2D eigenvalue weighted by Gasteiger charge is 2.22.